The van der Waals surface area contributed by atoms with E-state index in [0.29, 0.717) is 12.8 Å². The largest absolute Gasteiger partial charge is 0.421 e. The minimum absolute atomic E-state index is 0.168. The Balaban J connectivity index is 1.66. The monoisotopic (exact) mass is 366 g/mol. The molecule has 0 saturated heterocycles. The highest BCUT2D eigenvalue weighted by Crippen LogP contribution is 2.23. The lowest BCUT2D eigenvalue weighted by Gasteiger charge is -2.23. The molecule has 2 aliphatic carbocycles. The van der Waals surface area contributed by atoms with Crippen LogP contribution in [0.1, 0.15) is 44.1 Å². The third-order valence-corrected chi connectivity index (χ3v) is 4.91. The first-order valence-electron chi connectivity index (χ1n) is 9.66. The van der Waals surface area contributed by atoms with E-state index in [-0.39, 0.29) is 23.8 Å². The smallest absolute Gasteiger partial charge is 0.312 e. The molecule has 0 N–H and O–H groups in total. The van der Waals surface area contributed by atoms with Gasteiger partial charge in [0.25, 0.3) is 6.29 Å². The molecule has 2 atom stereocenters. The summed E-state index contributed by atoms with van der Waals surface area (Å²) < 4.78 is 11.1. The number of carbonyl (C=O) groups is 2. The maximum Gasteiger partial charge on any atom is 0.312 e. The van der Waals surface area contributed by atoms with Crippen molar-refractivity contribution in [2.24, 2.45) is 11.8 Å². The zero-order chi connectivity index (χ0) is 18.9. The molecule has 0 amide bonds. The van der Waals surface area contributed by atoms with Crippen molar-refractivity contribution in [3.05, 3.63) is 66.3 Å². The van der Waals surface area contributed by atoms with E-state index in [9.17, 15) is 9.59 Å². The lowest BCUT2D eigenvalue weighted by molar-refractivity contribution is -0.185. The van der Waals surface area contributed by atoms with Crippen molar-refractivity contribution in [2.75, 3.05) is 0 Å². The van der Waals surface area contributed by atoms with E-state index in [2.05, 4.69) is 12.2 Å². The summed E-state index contributed by atoms with van der Waals surface area (Å²) in [7, 11) is 0. The summed E-state index contributed by atoms with van der Waals surface area (Å²) in [5.74, 6) is -0.949. The van der Waals surface area contributed by atoms with E-state index >= 15 is 0 Å². The topological polar surface area (TPSA) is 52.6 Å². The summed E-state index contributed by atoms with van der Waals surface area (Å²) in [4.78, 5) is 25.0. The number of esters is 2. The molecule has 0 fully saturated rings. The Morgan fingerprint density at radius 1 is 0.852 bits per heavy atom. The Bertz CT molecular complexity index is 679. The maximum atomic E-state index is 12.5. The third kappa shape index (κ3) is 5.95. The predicted molar refractivity (Wildman–Crippen MR) is 104 cm³/mol. The number of ether oxygens (including phenoxy) is 2. The van der Waals surface area contributed by atoms with Crippen LogP contribution in [-0.4, -0.2) is 18.2 Å². The van der Waals surface area contributed by atoms with Gasteiger partial charge in [-0.05, 0) is 50.2 Å². The molecule has 1 aromatic rings. The molecular weight excluding hydrogens is 340 g/mol. The molecule has 1 aromatic carbocycles. The first-order chi connectivity index (χ1) is 13.2. The number of hydrogen-bond acceptors (Lipinski definition) is 4. The fourth-order valence-electron chi connectivity index (χ4n) is 3.29. The molecule has 4 nitrogen and oxygen atoms in total. The van der Waals surface area contributed by atoms with Crippen LogP contribution in [-0.2, 0) is 19.1 Å². The summed E-state index contributed by atoms with van der Waals surface area (Å²) in [6.07, 6.45) is 15.3. The van der Waals surface area contributed by atoms with E-state index in [0.717, 1.165) is 31.2 Å². The SMILES string of the molecule is O=C(OC(/C=C/c1ccccc1)OC(=O)C1CC=CCC1)C1CC=CCC1. The summed E-state index contributed by atoms with van der Waals surface area (Å²) in [6.45, 7) is 0. The van der Waals surface area contributed by atoms with Crippen molar-refractivity contribution in [2.45, 2.75) is 44.8 Å². The van der Waals surface area contributed by atoms with Crippen molar-refractivity contribution in [1.82, 2.24) is 0 Å². The van der Waals surface area contributed by atoms with Gasteiger partial charge >= 0.3 is 11.9 Å². The maximum absolute atomic E-state index is 12.5. The zero-order valence-electron chi connectivity index (χ0n) is 15.5. The summed E-state index contributed by atoms with van der Waals surface area (Å²) >= 11 is 0. The van der Waals surface area contributed by atoms with Gasteiger partial charge in [-0.2, -0.15) is 0 Å². The molecule has 0 saturated carbocycles. The summed E-state index contributed by atoms with van der Waals surface area (Å²) in [5.41, 5.74) is 0.954. The molecular formula is C23H26O4. The van der Waals surface area contributed by atoms with E-state index in [4.69, 9.17) is 9.47 Å². The molecule has 142 valence electrons. The fourth-order valence-corrected chi connectivity index (χ4v) is 3.29. The molecule has 2 unspecified atom stereocenters. The van der Waals surface area contributed by atoms with Gasteiger partial charge in [0.05, 0.1) is 11.8 Å². The number of allylic oxidation sites excluding steroid dienone is 4. The van der Waals surface area contributed by atoms with Gasteiger partial charge in [-0.1, -0.05) is 60.7 Å². The minimum Gasteiger partial charge on any atom is -0.421 e. The molecule has 4 heteroatoms. The molecule has 2 aliphatic rings. The Labute approximate surface area is 160 Å². The van der Waals surface area contributed by atoms with Crippen molar-refractivity contribution in [3.63, 3.8) is 0 Å². The van der Waals surface area contributed by atoms with Gasteiger partial charge in [-0.25, -0.2) is 0 Å². The standard InChI is InChI=1S/C23H26O4/c24-22(19-12-6-2-7-13-19)26-21(17-16-18-10-4-1-5-11-18)27-23(25)20-14-8-3-9-15-20/h1-6,8,10-11,16-17,19-21H,7,9,12-15H2/b17-16+. The van der Waals surface area contributed by atoms with Crippen molar-refractivity contribution >= 4 is 18.0 Å². The second kappa shape index (κ2) is 9.91. The minimum atomic E-state index is -0.998. The van der Waals surface area contributed by atoms with Crippen LogP contribution in [0.15, 0.2) is 60.7 Å². The highest BCUT2D eigenvalue weighted by molar-refractivity contribution is 5.75. The van der Waals surface area contributed by atoms with Crippen LogP contribution in [0.25, 0.3) is 6.08 Å². The van der Waals surface area contributed by atoms with Crippen LogP contribution in [0, 0.1) is 11.8 Å². The van der Waals surface area contributed by atoms with Crippen LogP contribution in [0.5, 0.6) is 0 Å². The zero-order valence-corrected chi connectivity index (χ0v) is 15.5. The number of rotatable bonds is 6. The average molecular weight is 366 g/mol. The van der Waals surface area contributed by atoms with Gasteiger partial charge in [0.15, 0.2) is 0 Å². The number of benzene rings is 1. The van der Waals surface area contributed by atoms with E-state index in [1.54, 1.807) is 6.08 Å². The van der Waals surface area contributed by atoms with Crippen LogP contribution in [0.2, 0.25) is 0 Å². The van der Waals surface area contributed by atoms with E-state index in [1.165, 1.54) is 0 Å². The lowest BCUT2D eigenvalue weighted by Crippen LogP contribution is -2.30. The predicted octanol–water partition coefficient (Wildman–Crippen LogP) is 4.82. The molecule has 27 heavy (non-hydrogen) atoms. The van der Waals surface area contributed by atoms with Gasteiger partial charge in [-0.15, -0.1) is 0 Å². The Kier molecular flexibility index (Phi) is 7.03. The molecule has 0 radical (unpaired) electrons. The molecule has 0 heterocycles. The Hall–Kier alpha value is -2.62. The Morgan fingerprint density at radius 2 is 1.41 bits per heavy atom. The summed E-state index contributed by atoms with van der Waals surface area (Å²) in [5, 5.41) is 0. The van der Waals surface area contributed by atoms with Crippen molar-refractivity contribution < 1.29 is 19.1 Å². The van der Waals surface area contributed by atoms with Gasteiger partial charge in [0.2, 0.25) is 0 Å². The second-order valence-corrected chi connectivity index (χ2v) is 6.97. The quantitative estimate of drug-likeness (QED) is 0.411. The normalized spacial score (nSPS) is 23.1. The fraction of sp³-hybridized carbons (Fsp3) is 0.391. The molecule has 3 rings (SSSR count). The van der Waals surface area contributed by atoms with Gasteiger partial charge in [0, 0.05) is 0 Å². The first-order valence-corrected chi connectivity index (χ1v) is 9.66. The molecule has 0 bridgehead atoms. The van der Waals surface area contributed by atoms with Crippen molar-refractivity contribution in [1.29, 1.82) is 0 Å². The Morgan fingerprint density at radius 3 is 1.89 bits per heavy atom. The van der Waals surface area contributed by atoms with Crippen LogP contribution in [0.4, 0.5) is 0 Å². The highest BCUT2D eigenvalue weighted by atomic mass is 16.7. The third-order valence-electron chi connectivity index (χ3n) is 4.91. The van der Waals surface area contributed by atoms with Crippen LogP contribution in [0.3, 0.4) is 0 Å². The number of hydrogen-bond donors (Lipinski definition) is 0. The van der Waals surface area contributed by atoms with Crippen LogP contribution < -0.4 is 0 Å². The van der Waals surface area contributed by atoms with Gasteiger partial charge in [0.1, 0.15) is 0 Å². The highest BCUT2D eigenvalue weighted by Gasteiger charge is 2.27. The van der Waals surface area contributed by atoms with E-state index in [1.807, 2.05) is 48.6 Å². The number of carbonyl (C=O) groups excluding carboxylic acids is 2. The second-order valence-electron chi connectivity index (χ2n) is 6.97. The summed E-state index contributed by atoms with van der Waals surface area (Å²) in [6, 6.07) is 9.66. The molecule has 0 aliphatic heterocycles. The first kappa shape index (κ1) is 19.2. The van der Waals surface area contributed by atoms with Crippen LogP contribution >= 0.6 is 0 Å². The van der Waals surface area contributed by atoms with Gasteiger partial charge in [-0.3, -0.25) is 9.59 Å². The van der Waals surface area contributed by atoms with Crippen molar-refractivity contribution in [3.8, 4) is 0 Å². The lowest BCUT2D eigenvalue weighted by atomic mass is 9.94. The molecule has 0 spiro atoms. The molecule has 0 aromatic heterocycles. The van der Waals surface area contributed by atoms with E-state index < -0.39 is 6.29 Å². The van der Waals surface area contributed by atoms with Gasteiger partial charge < -0.3 is 9.47 Å². The average Bonchev–Trinajstić information content (AvgIpc) is 2.74.